The molecule has 29 heavy (non-hydrogen) atoms. The van der Waals surface area contributed by atoms with E-state index in [9.17, 15) is 4.79 Å². The van der Waals surface area contributed by atoms with Crippen LogP contribution in [-0.2, 0) is 0 Å². The number of amides is 1. The van der Waals surface area contributed by atoms with E-state index in [0.717, 1.165) is 31.1 Å². The third kappa shape index (κ3) is 4.21. The van der Waals surface area contributed by atoms with E-state index in [0.29, 0.717) is 5.56 Å². The monoisotopic (exact) mass is 413 g/mol. The standard InChI is InChI=1S/C22H31N5OS/c1-17(2)20-18(15-25-27(20)19-7-3-6-10-23-19)21(28)24-16-22(8-4-5-9-22)26-11-13-29-14-12-26/h3,6-7,10,15,17H,4-5,8-9,11-14,16H2,1-2H3,(H,24,28). The number of hydrogen-bond acceptors (Lipinski definition) is 5. The highest BCUT2D eigenvalue weighted by molar-refractivity contribution is 7.99. The number of nitrogens with one attached hydrogen (secondary N) is 1. The summed E-state index contributed by atoms with van der Waals surface area (Å²) in [7, 11) is 0. The van der Waals surface area contributed by atoms with E-state index >= 15 is 0 Å². The lowest BCUT2D eigenvalue weighted by Gasteiger charge is -2.43. The molecule has 1 N–H and O–H groups in total. The Balaban J connectivity index is 1.53. The van der Waals surface area contributed by atoms with Crippen LogP contribution in [0.3, 0.4) is 0 Å². The highest BCUT2D eigenvalue weighted by atomic mass is 32.2. The molecule has 3 heterocycles. The number of hydrogen-bond donors (Lipinski definition) is 1. The minimum absolute atomic E-state index is 0.0199. The second-order valence-electron chi connectivity index (χ2n) is 8.41. The molecule has 1 aliphatic carbocycles. The summed E-state index contributed by atoms with van der Waals surface area (Å²) in [6.45, 7) is 7.18. The normalized spacial score (nSPS) is 19.6. The predicted octanol–water partition coefficient (Wildman–Crippen LogP) is 3.48. The first-order valence-corrected chi connectivity index (χ1v) is 11.9. The molecule has 7 heteroatoms. The molecule has 0 bridgehead atoms. The van der Waals surface area contributed by atoms with Gasteiger partial charge in [-0.25, -0.2) is 9.67 Å². The van der Waals surface area contributed by atoms with Gasteiger partial charge in [-0.2, -0.15) is 16.9 Å². The van der Waals surface area contributed by atoms with Crippen molar-refractivity contribution in [1.82, 2.24) is 25.0 Å². The molecule has 156 valence electrons. The summed E-state index contributed by atoms with van der Waals surface area (Å²) in [4.78, 5) is 20.2. The van der Waals surface area contributed by atoms with Gasteiger partial charge in [-0.05, 0) is 30.9 Å². The number of carbonyl (C=O) groups is 1. The Morgan fingerprint density at radius 3 is 2.66 bits per heavy atom. The summed E-state index contributed by atoms with van der Waals surface area (Å²) in [6, 6.07) is 5.74. The van der Waals surface area contributed by atoms with Crippen molar-refractivity contribution >= 4 is 17.7 Å². The molecule has 1 aliphatic heterocycles. The molecule has 1 amide bonds. The first-order valence-electron chi connectivity index (χ1n) is 10.7. The highest BCUT2D eigenvalue weighted by Crippen LogP contribution is 2.36. The summed E-state index contributed by atoms with van der Waals surface area (Å²) in [6.07, 6.45) is 8.33. The van der Waals surface area contributed by atoms with Gasteiger partial charge in [-0.15, -0.1) is 0 Å². The summed E-state index contributed by atoms with van der Waals surface area (Å²) < 4.78 is 1.80. The Kier molecular flexibility index (Phi) is 6.25. The van der Waals surface area contributed by atoms with Crippen molar-refractivity contribution in [1.29, 1.82) is 0 Å². The van der Waals surface area contributed by atoms with Crippen molar-refractivity contribution in [2.75, 3.05) is 31.1 Å². The van der Waals surface area contributed by atoms with Gasteiger partial charge in [0.25, 0.3) is 5.91 Å². The van der Waals surface area contributed by atoms with Gasteiger partial charge in [-0.3, -0.25) is 9.69 Å². The fourth-order valence-corrected chi connectivity index (χ4v) is 5.67. The van der Waals surface area contributed by atoms with Crippen molar-refractivity contribution in [3.05, 3.63) is 41.9 Å². The summed E-state index contributed by atoms with van der Waals surface area (Å²) in [5.74, 6) is 3.29. The zero-order chi connectivity index (χ0) is 20.3. The van der Waals surface area contributed by atoms with E-state index in [1.807, 2.05) is 30.0 Å². The van der Waals surface area contributed by atoms with Gasteiger partial charge in [0.2, 0.25) is 0 Å². The van der Waals surface area contributed by atoms with E-state index in [1.165, 1.54) is 37.2 Å². The Hall–Kier alpha value is -1.86. The number of rotatable bonds is 6. The fraction of sp³-hybridized carbons (Fsp3) is 0.591. The summed E-state index contributed by atoms with van der Waals surface area (Å²) >= 11 is 2.04. The van der Waals surface area contributed by atoms with E-state index in [-0.39, 0.29) is 17.4 Å². The Morgan fingerprint density at radius 1 is 1.24 bits per heavy atom. The summed E-state index contributed by atoms with van der Waals surface area (Å²) in [5.41, 5.74) is 1.70. The predicted molar refractivity (Wildman–Crippen MR) is 118 cm³/mol. The quantitative estimate of drug-likeness (QED) is 0.786. The van der Waals surface area contributed by atoms with E-state index in [4.69, 9.17) is 0 Å². The van der Waals surface area contributed by atoms with Crippen molar-refractivity contribution in [2.45, 2.75) is 51.0 Å². The average molecular weight is 414 g/mol. The summed E-state index contributed by atoms with van der Waals surface area (Å²) in [5, 5.41) is 7.77. The largest absolute Gasteiger partial charge is 0.350 e. The molecule has 0 radical (unpaired) electrons. The van der Waals surface area contributed by atoms with Crippen LogP contribution in [0.1, 0.15) is 61.5 Å². The molecule has 0 unspecified atom stereocenters. The molecule has 1 saturated heterocycles. The fourth-order valence-electron chi connectivity index (χ4n) is 4.77. The molecule has 0 atom stereocenters. The molecule has 1 saturated carbocycles. The third-order valence-corrected chi connectivity index (χ3v) is 7.20. The van der Waals surface area contributed by atoms with Crippen LogP contribution in [0.2, 0.25) is 0 Å². The van der Waals surface area contributed by atoms with Crippen LogP contribution in [0.5, 0.6) is 0 Å². The lowest BCUT2D eigenvalue weighted by Crippen LogP contribution is -2.56. The van der Waals surface area contributed by atoms with Crippen LogP contribution in [0.4, 0.5) is 0 Å². The zero-order valence-electron chi connectivity index (χ0n) is 17.4. The maximum absolute atomic E-state index is 13.2. The molecule has 6 nitrogen and oxygen atoms in total. The SMILES string of the molecule is CC(C)c1c(C(=O)NCC2(N3CCSCC3)CCCC2)cnn1-c1ccccn1. The first kappa shape index (κ1) is 20.4. The molecule has 0 aromatic carbocycles. The Labute approximate surface area is 177 Å². The van der Waals surface area contributed by atoms with Gasteiger partial charge < -0.3 is 5.32 Å². The van der Waals surface area contributed by atoms with Crippen LogP contribution in [0.15, 0.2) is 30.6 Å². The van der Waals surface area contributed by atoms with Crippen molar-refractivity contribution in [3.8, 4) is 5.82 Å². The first-order chi connectivity index (χ1) is 14.1. The number of carbonyl (C=O) groups excluding carboxylic acids is 1. The molecule has 2 aliphatic rings. The van der Waals surface area contributed by atoms with E-state index in [2.05, 4.69) is 34.1 Å². The number of thioether (sulfide) groups is 1. The van der Waals surface area contributed by atoms with E-state index in [1.54, 1.807) is 17.1 Å². The maximum atomic E-state index is 13.2. The Bertz CT molecular complexity index is 823. The maximum Gasteiger partial charge on any atom is 0.254 e. The van der Waals surface area contributed by atoms with Gasteiger partial charge in [-0.1, -0.05) is 32.8 Å². The molecule has 2 aromatic rings. The molecular weight excluding hydrogens is 382 g/mol. The number of pyridine rings is 1. The Morgan fingerprint density at radius 2 is 2.00 bits per heavy atom. The highest BCUT2D eigenvalue weighted by Gasteiger charge is 2.40. The molecule has 0 spiro atoms. The molecule has 2 fully saturated rings. The topological polar surface area (TPSA) is 63.1 Å². The lowest BCUT2D eigenvalue weighted by atomic mass is 9.94. The van der Waals surface area contributed by atoms with Crippen molar-refractivity contribution in [2.24, 2.45) is 0 Å². The third-order valence-electron chi connectivity index (χ3n) is 6.26. The molecule has 2 aromatic heterocycles. The van der Waals surface area contributed by atoms with Gasteiger partial charge in [0.15, 0.2) is 5.82 Å². The zero-order valence-corrected chi connectivity index (χ0v) is 18.2. The second kappa shape index (κ2) is 8.88. The van der Waals surface area contributed by atoms with E-state index < -0.39 is 0 Å². The second-order valence-corrected chi connectivity index (χ2v) is 9.64. The van der Waals surface area contributed by atoms with Gasteiger partial charge >= 0.3 is 0 Å². The van der Waals surface area contributed by atoms with Crippen LogP contribution in [0.25, 0.3) is 5.82 Å². The van der Waals surface area contributed by atoms with Crippen molar-refractivity contribution < 1.29 is 4.79 Å². The smallest absolute Gasteiger partial charge is 0.254 e. The van der Waals surface area contributed by atoms with Gasteiger partial charge in [0.1, 0.15) is 0 Å². The average Bonchev–Trinajstić information content (AvgIpc) is 3.42. The lowest BCUT2D eigenvalue weighted by molar-refractivity contribution is 0.0816. The van der Waals surface area contributed by atoms with Crippen molar-refractivity contribution in [3.63, 3.8) is 0 Å². The number of nitrogens with zero attached hydrogens (tertiary/aromatic N) is 4. The number of aromatic nitrogens is 3. The minimum Gasteiger partial charge on any atom is -0.350 e. The van der Waals surface area contributed by atoms with Crippen LogP contribution in [0, 0.1) is 0 Å². The van der Waals surface area contributed by atoms with Crippen LogP contribution in [-0.4, -0.2) is 62.3 Å². The van der Waals surface area contributed by atoms with Gasteiger partial charge in [0, 0.05) is 42.9 Å². The minimum atomic E-state index is -0.0199. The molecule has 4 rings (SSSR count). The van der Waals surface area contributed by atoms with Gasteiger partial charge in [0.05, 0.1) is 17.5 Å². The van der Waals surface area contributed by atoms with Crippen LogP contribution < -0.4 is 5.32 Å². The molecular formula is C22H31N5OS. The van der Waals surface area contributed by atoms with Crippen LogP contribution >= 0.6 is 11.8 Å².